The highest BCUT2D eigenvalue weighted by Crippen LogP contribution is 2.32. The molecule has 0 radical (unpaired) electrons. The SMILES string of the molecule is O=C(O)c1ccc2c(c1)c(=O)c1cc3c(cc12)c(=O)c1cc(C(=O)O)ccc13. The summed E-state index contributed by atoms with van der Waals surface area (Å²) in [4.78, 5) is 48.1. The molecule has 5 aromatic rings. The molecule has 6 nitrogen and oxygen atoms in total. The highest BCUT2D eigenvalue weighted by atomic mass is 16.4. The smallest absolute Gasteiger partial charge is 0.335 e. The summed E-state index contributed by atoms with van der Waals surface area (Å²) in [6.45, 7) is 0. The van der Waals surface area contributed by atoms with Gasteiger partial charge < -0.3 is 10.2 Å². The van der Waals surface area contributed by atoms with Crippen LogP contribution >= 0.6 is 0 Å². The van der Waals surface area contributed by atoms with E-state index in [0.29, 0.717) is 43.1 Å². The summed E-state index contributed by atoms with van der Waals surface area (Å²) in [6.07, 6.45) is 0. The van der Waals surface area contributed by atoms with E-state index in [9.17, 15) is 19.2 Å². The zero-order chi connectivity index (χ0) is 19.7. The lowest BCUT2D eigenvalue weighted by Gasteiger charge is -1.96. The van der Waals surface area contributed by atoms with Crippen LogP contribution in [0.5, 0.6) is 0 Å². The normalized spacial score (nSPS) is 11.7. The quantitative estimate of drug-likeness (QED) is 0.494. The van der Waals surface area contributed by atoms with Crippen molar-refractivity contribution in [2.24, 2.45) is 0 Å². The fraction of sp³-hybridized carbons (Fsp3) is 0. The predicted octanol–water partition coefficient (Wildman–Crippen LogP) is 3.29. The van der Waals surface area contributed by atoms with Crippen molar-refractivity contribution in [1.29, 1.82) is 0 Å². The Morgan fingerprint density at radius 3 is 1.21 bits per heavy atom. The first-order chi connectivity index (χ1) is 13.4. The topological polar surface area (TPSA) is 109 Å². The summed E-state index contributed by atoms with van der Waals surface area (Å²) in [5.41, 5.74) is -0.539. The van der Waals surface area contributed by atoms with E-state index in [1.807, 2.05) is 0 Å². The van der Waals surface area contributed by atoms with E-state index in [-0.39, 0.29) is 22.0 Å². The van der Waals surface area contributed by atoms with Crippen LogP contribution in [0, 0.1) is 0 Å². The molecule has 0 aliphatic rings. The molecule has 0 spiro atoms. The molecule has 0 unspecified atom stereocenters. The summed E-state index contributed by atoms with van der Waals surface area (Å²) in [5, 5.41) is 22.1. The maximum Gasteiger partial charge on any atom is 0.335 e. The van der Waals surface area contributed by atoms with Gasteiger partial charge in [-0.3, -0.25) is 9.59 Å². The first-order valence-electron chi connectivity index (χ1n) is 8.39. The second-order valence-electron chi connectivity index (χ2n) is 6.73. The van der Waals surface area contributed by atoms with E-state index in [4.69, 9.17) is 10.2 Å². The molecule has 0 saturated carbocycles. The van der Waals surface area contributed by atoms with Gasteiger partial charge in [-0.1, -0.05) is 12.1 Å². The van der Waals surface area contributed by atoms with Crippen LogP contribution in [0.2, 0.25) is 0 Å². The van der Waals surface area contributed by atoms with Gasteiger partial charge in [0.05, 0.1) is 11.1 Å². The Balaban J connectivity index is 1.95. The van der Waals surface area contributed by atoms with Gasteiger partial charge >= 0.3 is 11.9 Å². The third kappa shape index (κ3) is 1.97. The number of carboxylic acid groups (broad SMARTS) is 2. The highest BCUT2D eigenvalue weighted by molar-refractivity contribution is 6.22. The van der Waals surface area contributed by atoms with Crippen LogP contribution in [0.3, 0.4) is 0 Å². The molecule has 0 aliphatic heterocycles. The first-order valence-corrected chi connectivity index (χ1v) is 8.39. The molecule has 0 aliphatic carbocycles. The van der Waals surface area contributed by atoms with Crippen LogP contribution < -0.4 is 10.9 Å². The van der Waals surface area contributed by atoms with Gasteiger partial charge in [-0.25, -0.2) is 9.59 Å². The van der Waals surface area contributed by atoms with Gasteiger partial charge in [0.1, 0.15) is 0 Å². The number of fused-ring (bicyclic) bond motifs is 6. The van der Waals surface area contributed by atoms with Crippen molar-refractivity contribution in [3.63, 3.8) is 0 Å². The van der Waals surface area contributed by atoms with Crippen LogP contribution in [0.15, 0.2) is 58.1 Å². The van der Waals surface area contributed by atoms with Crippen molar-refractivity contribution < 1.29 is 19.8 Å². The van der Waals surface area contributed by atoms with Gasteiger partial charge in [-0.05, 0) is 57.9 Å². The average Bonchev–Trinajstić information content (AvgIpc) is 3.12. The largest absolute Gasteiger partial charge is 0.478 e. The second-order valence-corrected chi connectivity index (χ2v) is 6.73. The molecule has 2 N–H and O–H groups in total. The zero-order valence-corrected chi connectivity index (χ0v) is 14.1. The van der Waals surface area contributed by atoms with Crippen LogP contribution in [0.4, 0.5) is 0 Å². The van der Waals surface area contributed by atoms with Crippen LogP contribution in [-0.4, -0.2) is 22.2 Å². The number of hydrogen-bond acceptors (Lipinski definition) is 4. The molecular weight excluding hydrogens is 360 g/mol. The Kier molecular flexibility index (Phi) is 3.02. The van der Waals surface area contributed by atoms with Crippen molar-refractivity contribution in [3.8, 4) is 0 Å². The van der Waals surface area contributed by atoms with Gasteiger partial charge in [-0.2, -0.15) is 0 Å². The van der Waals surface area contributed by atoms with E-state index in [1.54, 1.807) is 24.3 Å². The highest BCUT2D eigenvalue weighted by Gasteiger charge is 2.18. The zero-order valence-electron chi connectivity index (χ0n) is 14.1. The Bertz CT molecular complexity index is 1480. The molecular formula is C22H10O6. The van der Waals surface area contributed by atoms with Crippen molar-refractivity contribution in [2.45, 2.75) is 0 Å². The summed E-state index contributed by atoms with van der Waals surface area (Å²) >= 11 is 0. The molecule has 0 saturated heterocycles. The molecule has 6 heteroatoms. The van der Waals surface area contributed by atoms with Gasteiger partial charge in [0.15, 0.2) is 10.9 Å². The molecule has 28 heavy (non-hydrogen) atoms. The lowest BCUT2D eigenvalue weighted by atomic mass is 10.1. The molecule has 134 valence electrons. The number of rotatable bonds is 2. The molecule has 5 rings (SSSR count). The summed E-state index contributed by atoms with van der Waals surface area (Å²) in [7, 11) is 0. The minimum absolute atomic E-state index is 0.0232. The number of aromatic carboxylic acids is 2. The third-order valence-electron chi connectivity index (χ3n) is 5.25. The number of carboxylic acids is 2. The Labute approximate surface area is 155 Å². The Morgan fingerprint density at radius 1 is 0.500 bits per heavy atom. The van der Waals surface area contributed by atoms with Gasteiger partial charge in [0.2, 0.25) is 0 Å². The van der Waals surface area contributed by atoms with E-state index < -0.39 is 11.9 Å². The number of carbonyl (C=O) groups is 2. The van der Waals surface area contributed by atoms with Crippen molar-refractivity contribution in [1.82, 2.24) is 0 Å². The maximum atomic E-state index is 12.8. The standard InChI is InChI=1S/C22H10O6/c23-19-15-5-9(21(25)26)1-3-11(15)13-7-18-14(8-17(13)19)12-4-2-10(22(27)28)6-16(12)20(18)24/h1-8H,(H,25,26)(H,27,28). The molecule has 0 heterocycles. The first kappa shape index (κ1) is 16.1. The molecule has 0 aromatic heterocycles. The van der Waals surface area contributed by atoms with Crippen LogP contribution in [0.25, 0.3) is 43.1 Å². The minimum Gasteiger partial charge on any atom is -0.478 e. The van der Waals surface area contributed by atoms with Gasteiger partial charge in [0, 0.05) is 21.5 Å². The fourth-order valence-corrected chi connectivity index (χ4v) is 3.91. The maximum absolute atomic E-state index is 12.8. The molecule has 5 aromatic carbocycles. The van der Waals surface area contributed by atoms with Crippen molar-refractivity contribution in [2.75, 3.05) is 0 Å². The van der Waals surface area contributed by atoms with Crippen molar-refractivity contribution >= 4 is 55.0 Å². The van der Waals surface area contributed by atoms with Gasteiger partial charge in [-0.15, -0.1) is 0 Å². The van der Waals surface area contributed by atoms with Crippen molar-refractivity contribution in [3.05, 3.63) is 80.1 Å². The van der Waals surface area contributed by atoms with Gasteiger partial charge in [0.25, 0.3) is 0 Å². The number of hydrogen-bond donors (Lipinski definition) is 2. The van der Waals surface area contributed by atoms with Crippen LogP contribution in [0.1, 0.15) is 20.7 Å². The van der Waals surface area contributed by atoms with E-state index in [1.165, 1.54) is 24.3 Å². The third-order valence-corrected chi connectivity index (χ3v) is 5.25. The fourth-order valence-electron chi connectivity index (χ4n) is 3.91. The lowest BCUT2D eigenvalue weighted by molar-refractivity contribution is 0.0686. The number of benzene rings is 3. The molecule has 0 bridgehead atoms. The summed E-state index contributed by atoms with van der Waals surface area (Å²) in [5.74, 6) is -2.24. The van der Waals surface area contributed by atoms with E-state index in [2.05, 4.69) is 0 Å². The summed E-state index contributed by atoms with van der Waals surface area (Å²) < 4.78 is 0. The molecule has 0 fully saturated rings. The Hall–Kier alpha value is -4.06. The van der Waals surface area contributed by atoms with Crippen LogP contribution in [-0.2, 0) is 0 Å². The monoisotopic (exact) mass is 370 g/mol. The lowest BCUT2D eigenvalue weighted by Crippen LogP contribution is -1.99. The minimum atomic E-state index is -1.12. The molecule has 0 amide bonds. The molecule has 0 atom stereocenters. The van der Waals surface area contributed by atoms with E-state index in [0.717, 1.165) is 0 Å². The Morgan fingerprint density at radius 2 is 0.857 bits per heavy atom. The average molecular weight is 370 g/mol. The summed E-state index contributed by atoms with van der Waals surface area (Å²) in [6, 6.07) is 12.0. The van der Waals surface area contributed by atoms with E-state index >= 15 is 0 Å². The predicted molar refractivity (Wildman–Crippen MR) is 105 cm³/mol. The second kappa shape index (κ2) is 5.23.